The van der Waals surface area contributed by atoms with Crippen molar-refractivity contribution in [3.8, 4) is 0 Å². The summed E-state index contributed by atoms with van der Waals surface area (Å²) in [5.74, 6) is 0.382. The molecule has 0 aliphatic carbocycles. The molecule has 0 spiro atoms. The van der Waals surface area contributed by atoms with Crippen LogP contribution in [0.4, 0.5) is 0 Å². The van der Waals surface area contributed by atoms with Gasteiger partial charge in [-0.15, -0.1) is 23.1 Å². The number of halogens is 1. The molecule has 1 N–H and O–H groups in total. The van der Waals surface area contributed by atoms with Crippen LogP contribution >= 0.6 is 34.7 Å². The SMILES string of the molecule is CCCCNC(=O)C1CSC(c2cccs2)N1C(=O)c1ccc(Cl)cc1. The predicted octanol–water partition coefficient (Wildman–Crippen LogP) is 4.57. The molecule has 1 aliphatic heterocycles. The van der Waals surface area contributed by atoms with E-state index in [9.17, 15) is 9.59 Å². The number of amides is 2. The Hall–Kier alpha value is -1.50. The number of carbonyl (C=O) groups excluding carboxylic acids is 2. The van der Waals surface area contributed by atoms with Crippen molar-refractivity contribution in [1.82, 2.24) is 10.2 Å². The first-order chi connectivity index (χ1) is 12.6. The number of hydrogen-bond donors (Lipinski definition) is 1. The Kier molecular flexibility index (Phi) is 6.62. The molecule has 26 heavy (non-hydrogen) atoms. The average molecular weight is 409 g/mol. The van der Waals surface area contributed by atoms with Gasteiger partial charge in [-0.3, -0.25) is 9.59 Å². The first-order valence-corrected chi connectivity index (χ1v) is 10.9. The molecule has 0 saturated carbocycles. The minimum Gasteiger partial charge on any atom is -0.354 e. The molecule has 2 atom stereocenters. The van der Waals surface area contributed by atoms with Gasteiger partial charge in [0.2, 0.25) is 5.91 Å². The maximum absolute atomic E-state index is 13.2. The molecule has 1 saturated heterocycles. The van der Waals surface area contributed by atoms with Gasteiger partial charge in [-0.1, -0.05) is 31.0 Å². The van der Waals surface area contributed by atoms with Crippen molar-refractivity contribution in [2.45, 2.75) is 31.2 Å². The molecule has 2 unspecified atom stereocenters. The predicted molar refractivity (Wildman–Crippen MR) is 109 cm³/mol. The highest BCUT2D eigenvalue weighted by Gasteiger charge is 2.42. The van der Waals surface area contributed by atoms with Crippen molar-refractivity contribution in [3.63, 3.8) is 0 Å². The molecular formula is C19H21ClN2O2S2. The van der Waals surface area contributed by atoms with Crippen LogP contribution < -0.4 is 5.32 Å². The lowest BCUT2D eigenvalue weighted by Crippen LogP contribution is -2.48. The molecule has 0 radical (unpaired) electrons. The second kappa shape index (κ2) is 8.93. The van der Waals surface area contributed by atoms with Crippen LogP contribution in [0.15, 0.2) is 41.8 Å². The summed E-state index contributed by atoms with van der Waals surface area (Å²) in [7, 11) is 0. The molecule has 2 heterocycles. The van der Waals surface area contributed by atoms with Gasteiger partial charge in [0, 0.05) is 27.8 Å². The standard InChI is InChI=1S/C19H21ClN2O2S2/c1-2-3-10-21-17(23)15-12-26-19(16-5-4-11-25-16)22(15)18(24)13-6-8-14(20)9-7-13/h4-9,11,15,19H,2-3,10,12H2,1H3,(H,21,23). The third kappa shape index (κ3) is 4.24. The molecule has 1 aromatic carbocycles. The number of thiophene rings is 1. The van der Waals surface area contributed by atoms with Crippen molar-refractivity contribution in [1.29, 1.82) is 0 Å². The van der Waals surface area contributed by atoms with E-state index in [4.69, 9.17) is 11.6 Å². The van der Waals surface area contributed by atoms with Gasteiger partial charge in [0.15, 0.2) is 0 Å². The van der Waals surface area contributed by atoms with Gasteiger partial charge in [0.25, 0.3) is 5.91 Å². The van der Waals surface area contributed by atoms with E-state index in [1.54, 1.807) is 52.3 Å². The summed E-state index contributed by atoms with van der Waals surface area (Å²) in [6.07, 6.45) is 1.95. The molecule has 7 heteroatoms. The monoisotopic (exact) mass is 408 g/mol. The summed E-state index contributed by atoms with van der Waals surface area (Å²) in [5.41, 5.74) is 0.546. The number of benzene rings is 1. The van der Waals surface area contributed by atoms with E-state index in [0.717, 1.165) is 17.7 Å². The topological polar surface area (TPSA) is 49.4 Å². The minimum absolute atomic E-state index is 0.0766. The number of nitrogens with zero attached hydrogens (tertiary/aromatic N) is 1. The Bertz CT molecular complexity index is 749. The second-order valence-corrected chi connectivity index (χ2v) is 8.61. The largest absolute Gasteiger partial charge is 0.354 e. The summed E-state index contributed by atoms with van der Waals surface area (Å²) >= 11 is 9.19. The fourth-order valence-electron chi connectivity index (χ4n) is 2.86. The zero-order chi connectivity index (χ0) is 18.5. The van der Waals surface area contributed by atoms with Crippen LogP contribution in [0.1, 0.15) is 40.4 Å². The van der Waals surface area contributed by atoms with Gasteiger partial charge >= 0.3 is 0 Å². The van der Waals surface area contributed by atoms with E-state index in [0.29, 0.717) is 22.9 Å². The maximum Gasteiger partial charge on any atom is 0.255 e. The number of nitrogens with one attached hydrogen (secondary N) is 1. The number of unbranched alkanes of at least 4 members (excludes halogenated alkanes) is 1. The average Bonchev–Trinajstić information content (AvgIpc) is 3.31. The third-order valence-corrected chi connectivity index (χ3v) is 6.88. The summed E-state index contributed by atoms with van der Waals surface area (Å²) in [6.45, 7) is 2.73. The fraction of sp³-hybridized carbons (Fsp3) is 0.368. The molecule has 1 fully saturated rings. The molecular weight excluding hydrogens is 388 g/mol. The molecule has 1 aromatic heterocycles. The fourth-order valence-corrected chi connectivity index (χ4v) is 5.38. The highest BCUT2D eigenvalue weighted by molar-refractivity contribution is 7.99. The highest BCUT2D eigenvalue weighted by Crippen LogP contribution is 2.43. The lowest BCUT2D eigenvalue weighted by Gasteiger charge is -2.28. The van der Waals surface area contributed by atoms with Gasteiger partial charge in [-0.05, 0) is 42.1 Å². The zero-order valence-corrected chi connectivity index (χ0v) is 16.9. The Morgan fingerprint density at radius 2 is 2.04 bits per heavy atom. The molecule has 2 amide bonds. The molecule has 0 bridgehead atoms. The highest BCUT2D eigenvalue weighted by atomic mass is 35.5. The Labute approximate surface area is 166 Å². The van der Waals surface area contributed by atoms with Crippen molar-refractivity contribution >= 4 is 46.5 Å². The quantitative estimate of drug-likeness (QED) is 0.712. The Morgan fingerprint density at radius 3 is 2.69 bits per heavy atom. The molecule has 138 valence electrons. The Morgan fingerprint density at radius 1 is 1.27 bits per heavy atom. The van der Waals surface area contributed by atoms with Crippen LogP contribution in [0.2, 0.25) is 5.02 Å². The van der Waals surface area contributed by atoms with Crippen LogP contribution in [-0.4, -0.2) is 35.1 Å². The normalized spacial score (nSPS) is 19.5. The van der Waals surface area contributed by atoms with Crippen LogP contribution in [0.25, 0.3) is 0 Å². The second-order valence-electron chi connectivity index (χ2n) is 6.08. The van der Waals surface area contributed by atoms with Gasteiger partial charge in [-0.25, -0.2) is 0 Å². The molecule has 2 aromatic rings. The molecule has 3 rings (SSSR count). The maximum atomic E-state index is 13.2. The first kappa shape index (κ1) is 19.3. The van der Waals surface area contributed by atoms with Gasteiger partial charge in [-0.2, -0.15) is 0 Å². The van der Waals surface area contributed by atoms with E-state index in [2.05, 4.69) is 12.2 Å². The van der Waals surface area contributed by atoms with Gasteiger partial charge in [0.1, 0.15) is 11.4 Å². The number of rotatable bonds is 6. The van der Waals surface area contributed by atoms with Crippen LogP contribution in [0, 0.1) is 0 Å². The number of carbonyl (C=O) groups is 2. The van der Waals surface area contributed by atoms with Crippen molar-refractivity contribution in [2.24, 2.45) is 0 Å². The summed E-state index contributed by atoms with van der Waals surface area (Å²) in [4.78, 5) is 28.7. The lowest BCUT2D eigenvalue weighted by molar-refractivity contribution is -0.124. The van der Waals surface area contributed by atoms with Crippen LogP contribution in [-0.2, 0) is 4.79 Å². The van der Waals surface area contributed by atoms with Crippen LogP contribution in [0.3, 0.4) is 0 Å². The van der Waals surface area contributed by atoms with Crippen molar-refractivity contribution in [2.75, 3.05) is 12.3 Å². The van der Waals surface area contributed by atoms with Crippen molar-refractivity contribution in [3.05, 3.63) is 57.2 Å². The summed E-state index contributed by atoms with van der Waals surface area (Å²) < 4.78 is 0. The Balaban J connectivity index is 1.85. The number of thioether (sulfide) groups is 1. The summed E-state index contributed by atoms with van der Waals surface area (Å²) in [5, 5.41) is 5.41. The van der Waals surface area contributed by atoms with E-state index in [1.165, 1.54) is 0 Å². The van der Waals surface area contributed by atoms with E-state index >= 15 is 0 Å². The summed E-state index contributed by atoms with van der Waals surface area (Å²) in [6, 6.07) is 10.4. The number of hydrogen-bond acceptors (Lipinski definition) is 4. The zero-order valence-electron chi connectivity index (χ0n) is 14.5. The van der Waals surface area contributed by atoms with E-state index in [-0.39, 0.29) is 17.2 Å². The van der Waals surface area contributed by atoms with Gasteiger partial charge < -0.3 is 10.2 Å². The van der Waals surface area contributed by atoms with Gasteiger partial charge in [0.05, 0.1) is 0 Å². The van der Waals surface area contributed by atoms with Crippen molar-refractivity contribution < 1.29 is 9.59 Å². The third-order valence-electron chi connectivity index (χ3n) is 4.24. The van der Waals surface area contributed by atoms with E-state index < -0.39 is 6.04 Å². The van der Waals surface area contributed by atoms with Crippen LogP contribution in [0.5, 0.6) is 0 Å². The van der Waals surface area contributed by atoms with E-state index in [1.807, 2.05) is 17.5 Å². The lowest BCUT2D eigenvalue weighted by atomic mass is 10.1. The molecule has 4 nitrogen and oxygen atoms in total. The molecule has 1 aliphatic rings. The first-order valence-electron chi connectivity index (χ1n) is 8.62. The minimum atomic E-state index is -0.466. The smallest absolute Gasteiger partial charge is 0.255 e.